The summed E-state index contributed by atoms with van der Waals surface area (Å²) in [5.74, 6) is 0.173. The molecule has 2 aromatic heterocycles. The Hall–Kier alpha value is -2.19. The molecule has 2 heterocycles. The van der Waals surface area contributed by atoms with Crippen LogP contribution in [0.3, 0.4) is 0 Å². The summed E-state index contributed by atoms with van der Waals surface area (Å²) < 4.78 is 18.4. The quantitative estimate of drug-likeness (QED) is 0.625. The molecule has 3 rings (SSSR count). The second kappa shape index (κ2) is 7.59. The van der Waals surface area contributed by atoms with E-state index in [1.807, 2.05) is 17.5 Å². The zero-order valence-corrected chi connectivity index (χ0v) is 14.4. The van der Waals surface area contributed by atoms with Gasteiger partial charge in [0.1, 0.15) is 5.82 Å². The molecule has 1 amide bonds. The largest absolute Gasteiger partial charge is 0.411 e. The van der Waals surface area contributed by atoms with Gasteiger partial charge in [-0.05, 0) is 35.7 Å². The first-order valence-electron chi connectivity index (χ1n) is 7.10. The number of thioether (sulfide) groups is 1. The molecule has 0 saturated heterocycles. The molecule has 0 saturated carbocycles. The number of hydrogen-bond acceptors (Lipinski definition) is 6. The summed E-state index contributed by atoms with van der Waals surface area (Å²) in [6.45, 7) is 0.585. The number of halogens is 1. The highest BCUT2D eigenvalue weighted by molar-refractivity contribution is 7.99. The van der Waals surface area contributed by atoms with Crippen LogP contribution < -0.4 is 0 Å². The predicted octanol–water partition coefficient (Wildman–Crippen LogP) is 3.69. The lowest BCUT2D eigenvalue weighted by atomic mass is 10.2. The number of carbonyl (C=O) groups is 1. The summed E-state index contributed by atoms with van der Waals surface area (Å²) in [7, 11) is 1.76. The van der Waals surface area contributed by atoms with Gasteiger partial charge in [-0.25, -0.2) is 4.39 Å². The standard InChI is InChI=1S/C16H14FN3O2S2/c1-20(9-13-3-2-8-23-13)14(21)10-24-16-19-18-15(22-16)11-4-6-12(17)7-5-11/h2-8H,9-10H2,1H3. The van der Waals surface area contributed by atoms with Crippen LogP contribution in [0, 0.1) is 5.82 Å². The van der Waals surface area contributed by atoms with Gasteiger partial charge in [0, 0.05) is 17.5 Å². The van der Waals surface area contributed by atoms with Gasteiger partial charge in [-0.2, -0.15) is 0 Å². The van der Waals surface area contributed by atoms with Crippen molar-refractivity contribution in [3.8, 4) is 11.5 Å². The van der Waals surface area contributed by atoms with Gasteiger partial charge in [-0.15, -0.1) is 21.5 Å². The van der Waals surface area contributed by atoms with E-state index in [1.165, 1.54) is 23.9 Å². The average Bonchev–Trinajstić information content (AvgIpc) is 3.25. The number of benzene rings is 1. The third-order valence-electron chi connectivity index (χ3n) is 3.22. The summed E-state index contributed by atoms with van der Waals surface area (Å²) >= 11 is 2.80. The highest BCUT2D eigenvalue weighted by atomic mass is 32.2. The Kier molecular flexibility index (Phi) is 5.27. The lowest BCUT2D eigenvalue weighted by Crippen LogP contribution is -2.27. The van der Waals surface area contributed by atoms with E-state index in [1.54, 1.807) is 35.4 Å². The minimum Gasteiger partial charge on any atom is -0.411 e. The van der Waals surface area contributed by atoms with E-state index in [-0.39, 0.29) is 17.5 Å². The van der Waals surface area contributed by atoms with Crippen molar-refractivity contribution in [2.75, 3.05) is 12.8 Å². The van der Waals surface area contributed by atoms with Gasteiger partial charge in [0.15, 0.2) is 0 Å². The molecule has 0 bridgehead atoms. The van der Waals surface area contributed by atoms with Gasteiger partial charge in [-0.3, -0.25) is 4.79 Å². The smallest absolute Gasteiger partial charge is 0.277 e. The van der Waals surface area contributed by atoms with Crippen molar-refractivity contribution in [2.45, 2.75) is 11.8 Å². The zero-order valence-electron chi connectivity index (χ0n) is 12.8. The van der Waals surface area contributed by atoms with Crippen molar-refractivity contribution >= 4 is 29.0 Å². The monoisotopic (exact) mass is 363 g/mol. The van der Waals surface area contributed by atoms with E-state index in [2.05, 4.69) is 10.2 Å². The zero-order chi connectivity index (χ0) is 16.9. The van der Waals surface area contributed by atoms with Crippen LogP contribution in [-0.2, 0) is 11.3 Å². The van der Waals surface area contributed by atoms with Gasteiger partial charge in [0.25, 0.3) is 5.22 Å². The van der Waals surface area contributed by atoms with Crippen molar-refractivity contribution < 1.29 is 13.6 Å². The molecule has 0 unspecified atom stereocenters. The summed E-state index contributed by atoms with van der Waals surface area (Å²) in [5, 5.41) is 10.1. The van der Waals surface area contributed by atoms with E-state index in [0.717, 1.165) is 4.88 Å². The summed E-state index contributed by atoms with van der Waals surface area (Å²) in [4.78, 5) is 14.9. The topological polar surface area (TPSA) is 59.2 Å². The van der Waals surface area contributed by atoms with Crippen LogP contribution in [0.25, 0.3) is 11.5 Å². The fourth-order valence-corrected chi connectivity index (χ4v) is 3.40. The van der Waals surface area contributed by atoms with Crippen LogP contribution in [-0.4, -0.2) is 33.8 Å². The Labute approximate surface area is 146 Å². The average molecular weight is 363 g/mol. The summed E-state index contributed by atoms with van der Waals surface area (Å²) in [5.41, 5.74) is 0.636. The van der Waals surface area contributed by atoms with Crippen molar-refractivity contribution in [3.63, 3.8) is 0 Å². The summed E-state index contributed by atoms with van der Waals surface area (Å²) in [6, 6.07) is 9.75. The van der Waals surface area contributed by atoms with Crippen LogP contribution in [0.1, 0.15) is 4.88 Å². The van der Waals surface area contributed by atoms with Crippen LogP contribution in [0.4, 0.5) is 4.39 Å². The molecule has 124 valence electrons. The number of nitrogens with zero attached hydrogens (tertiary/aromatic N) is 3. The Morgan fingerprint density at radius 1 is 1.29 bits per heavy atom. The molecule has 0 spiro atoms. The van der Waals surface area contributed by atoms with Crippen LogP contribution in [0.5, 0.6) is 0 Å². The Balaban J connectivity index is 1.55. The number of aromatic nitrogens is 2. The van der Waals surface area contributed by atoms with E-state index < -0.39 is 0 Å². The molecule has 0 aliphatic rings. The molecule has 3 aromatic rings. The molecular weight excluding hydrogens is 349 g/mol. The minimum atomic E-state index is -0.327. The van der Waals surface area contributed by atoms with Gasteiger partial charge < -0.3 is 9.32 Å². The molecule has 0 aliphatic carbocycles. The van der Waals surface area contributed by atoms with E-state index in [9.17, 15) is 9.18 Å². The third-order valence-corrected chi connectivity index (χ3v) is 4.88. The number of amides is 1. The molecule has 0 N–H and O–H groups in total. The highest BCUT2D eigenvalue weighted by Gasteiger charge is 2.14. The normalized spacial score (nSPS) is 10.8. The Bertz CT molecular complexity index is 803. The molecule has 1 aromatic carbocycles. The number of hydrogen-bond donors (Lipinski definition) is 0. The molecule has 24 heavy (non-hydrogen) atoms. The fourth-order valence-electron chi connectivity index (χ4n) is 1.94. The van der Waals surface area contributed by atoms with Crippen LogP contribution >= 0.6 is 23.1 Å². The maximum Gasteiger partial charge on any atom is 0.277 e. The van der Waals surface area contributed by atoms with Crippen molar-refractivity contribution in [1.29, 1.82) is 0 Å². The van der Waals surface area contributed by atoms with Crippen molar-refractivity contribution in [2.24, 2.45) is 0 Å². The highest BCUT2D eigenvalue weighted by Crippen LogP contribution is 2.23. The lowest BCUT2D eigenvalue weighted by molar-refractivity contribution is -0.127. The first-order chi connectivity index (χ1) is 11.6. The molecule has 0 aliphatic heterocycles. The van der Waals surface area contributed by atoms with Crippen molar-refractivity contribution in [1.82, 2.24) is 15.1 Å². The SMILES string of the molecule is CN(Cc1cccs1)C(=O)CSc1nnc(-c2ccc(F)cc2)o1. The number of rotatable bonds is 6. The molecule has 5 nitrogen and oxygen atoms in total. The van der Waals surface area contributed by atoms with Crippen LogP contribution in [0.15, 0.2) is 51.4 Å². The second-order valence-corrected chi connectivity index (χ2v) is 6.96. The van der Waals surface area contributed by atoms with Gasteiger partial charge in [0.2, 0.25) is 11.8 Å². The molecular formula is C16H14FN3O2S2. The van der Waals surface area contributed by atoms with E-state index in [0.29, 0.717) is 23.2 Å². The maximum absolute atomic E-state index is 12.9. The fraction of sp³-hybridized carbons (Fsp3) is 0.188. The van der Waals surface area contributed by atoms with Gasteiger partial charge >= 0.3 is 0 Å². The molecule has 0 atom stereocenters. The maximum atomic E-state index is 12.9. The van der Waals surface area contributed by atoms with E-state index >= 15 is 0 Å². The summed E-state index contributed by atoms with van der Waals surface area (Å²) in [6.07, 6.45) is 0. The van der Waals surface area contributed by atoms with Crippen LogP contribution in [0.2, 0.25) is 0 Å². The molecule has 8 heteroatoms. The Morgan fingerprint density at radius 3 is 2.79 bits per heavy atom. The van der Waals surface area contributed by atoms with Crippen molar-refractivity contribution in [3.05, 3.63) is 52.5 Å². The van der Waals surface area contributed by atoms with Gasteiger partial charge in [-0.1, -0.05) is 17.8 Å². The molecule has 0 fully saturated rings. The third kappa shape index (κ3) is 4.21. The van der Waals surface area contributed by atoms with Gasteiger partial charge in [0.05, 0.1) is 12.3 Å². The van der Waals surface area contributed by atoms with E-state index in [4.69, 9.17) is 4.42 Å². The lowest BCUT2D eigenvalue weighted by Gasteiger charge is -2.15. The second-order valence-electron chi connectivity index (χ2n) is 5.00. The first-order valence-corrected chi connectivity index (χ1v) is 8.97. The number of thiophene rings is 1. The minimum absolute atomic E-state index is 0.0186. The Morgan fingerprint density at radius 2 is 2.08 bits per heavy atom. The first kappa shape index (κ1) is 16.7. The molecule has 0 radical (unpaired) electrons. The predicted molar refractivity (Wildman–Crippen MR) is 91.2 cm³/mol. The number of carbonyl (C=O) groups excluding carboxylic acids is 1.